The molecule has 0 amide bonds. The van der Waals surface area contributed by atoms with E-state index in [1.54, 1.807) is 48.7 Å². The van der Waals surface area contributed by atoms with Crippen LogP contribution in [0.4, 0.5) is 0 Å². The first-order chi connectivity index (χ1) is 60.4. The summed E-state index contributed by atoms with van der Waals surface area (Å²) in [6.07, 6.45) is 26.3. The van der Waals surface area contributed by atoms with Gasteiger partial charge in [-0.1, -0.05) is 198 Å². The lowest BCUT2D eigenvalue weighted by molar-refractivity contribution is -0.0319. The fourth-order valence-corrected chi connectivity index (χ4v) is 7.26. The van der Waals surface area contributed by atoms with Gasteiger partial charge in [0.25, 0.3) is 0 Å². The van der Waals surface area contributed by atoms with Crippen molar-refractivity contribution in [2.75, 3.05) is 294 Å². The van der Waals surface area contributed by atoms with Gasteiger partial charge in [0.2, 0.25) is 0 Å². The van der Waals surface area contributed by atoms with E-state index < -0.39 is 0 Å². The predicted octanol–water partition coefficient (Wildman–Crippen LogP) is 25.1. The van der Waals surface area contributed by atoms with E-state index in [-0.39, 0.29) is 6.10 Å². The third-order valence-corrected chi connectivity index (χ3v) is 13.6. The summed E-state index contributed by atoms with van der Waals surface area (Å²) in [5.41, 5.74) is 0. The molecule has 2 atom stereocenters. The summed E-state index contributed by atoms with van der Waals surface area (Å²) in [5, 5.41) is 0. The third-order valence-electron chi connectivity index (χ3n) is 13.6. The van der Waals surface area contributed by atoms with Crippen LogP contribution in [-0.4, -0.2) is 306 Å². The van der Waals surface area contributed by atoms with Crippen molar-refractivity contribution in [3.63, 3.8) is 0 Å². The Morgan fingerprint density at radius 1 is 0.184 bits per heavy atom. The fourth-order valence-electron chi connectivity index (χ4n) is 7.26. The fraction of sp³-hybridized carbons (Fsp3) is 0.980. The molecule has 0 saturated heterocycles. The standard InChI is InChI=1S/C9H20O3.C9H20O2.C8H18O3.2C8H18O2.C8H18O.2C7H16O.C6H14O2.2C6H14O.C6H12O.2C5H12O.C4H10O/c1-3-5-11-8-9-12-7-6-10-4-2;1-3-5-7-11-9-8-10-6-4-2;1-3-4-10-7-8-11-6-5-9-2;1-5-7(2)10-8(3)6-9-4;1-3-4-7-10-8-5-6-9-2;1-4-5-6-9-7-8(2)3;1-4-5-8-6-7(2)3;1-3-5-7-8-6-4-2;1-3-4-8-6-5-7-2;1-4-7-5-6(2)3;2*1-3-5-7-6-4-2;1-5(2)4-6-3;1-3-5-6-4-2;1-3-4-5-2/h3-9H2,1-2H3;3-9H2,1-2H3;3-8H2,1-2H3;7-8H,5-6H2,1-4H3;3-8H2,1-2H3;8H,4-7H2,1-3H3;7H,4-6H2,1-3H3;3-7H2,1-2H3;3-6H2,1-2H3;6H,4-5H2,1-3H3;3-6H2,1-2H3;3H,1,4-6H2,2H3;5H,4H2,1-3H3;3-5H2,1-2H3;3-4H2,1-2H3. The molecule has 0 aromatic heterocycles. The highest BCUT2D eigenvalue weighted by atomic mass is 16.6. The number of unbranched alkanes of at least 4 members (excludes halogenated alkanes) is 4. The van der Waals surface area contributed by atoms with Crippen molar-refractivity contribution >= 4 is 0 Å². The van der Waals surface area contributed by atoms with E-state index in [0.717, 1.165) is 268 Å². The monoisotopic (exact) mass is 1830 g/mol. The maximum atomic E-state index is 5.51. The second-order valence-corrected chi connectivity index (χ2v) is 30.1. The minimum Gasteiger partial charge on any atom is -0.385 e. The van der Waals surface area contributed by atoms with Gasteiger partial charge in [-0.05, 0) is 167 Å². The topological polar surface area (TPSA) is 212 Å². The molecule has 23 nitrogen and oxygen atoms in total. The van der Waals surface area contributed by atoms with Crippen molar-refractivity contribution in [3.8, 4) is 0 Å². The summed E-state index contributed by atoms with van der Waals surface area (Å²) in [5.74, 6) is 2.72. The molecule has 0 rings (SSSR count). The van der Waals surface area contributed by atoms with Gasteiger partial charge in [-0.25, -0.2) is 0 Å². The van der Waals surface area contributed by atoms with Crippen molar-refractivity contribution in [1.82, 2.24) is 0 Å². The summed E-state index contributed by atoms with van der Waals surface area (Å²) < 4.78 is 117. The van der Waals surface area contributed by atoms with Crippen LogP contribution in [0, 0.1) is 23.7 Å². The highest BCUT2D eigenvalue weighted by Crippen LogP contribution is 2.02. The maximum absolute atomic E-state index is 5.51. The number of hydrogen-bond acceptors (Lipinski definition) is 23. The quantitative estimate of drug-likeness (QED) is 0.0409. The number of hydrogen-bond donors (Lipinski definition) is 0. The van der Waals surface area contributed by atoms with Crippen LogP contribution in [0.15, 0.2) is 12.7 Å². The Bertz CT molecular complexity index is 1370. The van der Waals surface area contributed by atoms with Crippen LogP contribution in [0.5, 0.6) is 0 Å². The van der Waals surface area contributed by atoms with E-state index in [4.69, 9.17) is 109 Å². The lowest BCUT2D eigenvalue weighted by atomic mass is 10.2. The molecule has 2 unspecified atom stereocenters. The molecule has 0 heterocycles. The average molecular weight is 1830 g/mol. The molecule has 125 heavy (non-hydrogen) atoms. The predicted molar refractivity (Wildman–Crippen MR) is 539 cm³/mol. The van der Waals surface area contributed by atoms with Crippen LogP contribution in [-0.2, 0) is 109 Å². The van der Waals surface area contributed by atoms with Gasteiger partial charge in [-0.3, -0.25) is 0 Å². The number of methoxy groups -OCH3 is 6. The summed E-state index contributed by atoms with van der Waals surface area (Å²) in [7, 11) is 10.2. The minimum atomic E-state index is 0.222. The number of ether oxygens (including phenoxy) is 23. The Kier molecular flexibility index (Phi) is 231. The zero-order valence-corrected chi connectivity index (χ0v) is 90.9. The zero-order chi connectivity index (χ0) is 98.2. The summed E-state index contributed by atoms with van der Waals surface area (Å²) in [4.78, 5) is 0. The summed E-state index contributed by atoms with van der Waals surface area (Å²) in [6, 6.07) is 0. The Balaban J connectivity index is -0.0000000802. The van der Waals surface area contributed by atoms with Crippen molar-refractivity contribution in [2.24, 2.45) is 23.7 Å². The molecule has 23 heteroatoms. The molecule has 0 aliphatic rings. The van der Waals surface area contributed by atoms with Crippen LogP contribution in [0.2, 0.25) is 0 Å². The minimum absolute atomic E-state index is 0.222. The van der Waals surface area contributed by atoms with Crippen molar-refractivity contribution in [1.29, 1.82) is 0 Å². The van der Waals surface area contributed by atoms with Crippen LogP contribution in [0.1, 0.15) is 336 Å². The maximum Gasteiger partial charge on any atom is 0.0783 e. The van der Waals surface area contributed by atoms with E-state index in [1.807, 2.05) is 27.7 Å². The SMILES string of the molecule is C=CCOCCC.CCC(C)OC(C)COC.CCCCOCC(C)C.CCCCOCCC.CCCCOCCCOC.CCCCOCCOCCC.CCCOC.CCCOCC.CCCOCC(C)C.CCCOCCC.CCCOCCOC.CCCOCCOCCOC.CCCOCCOCCOCC.CCOCC(C)C.COCC(C)C. The molecular weight excluding hydrogens is 1590 g/mol. The van der Waals surface area contributed by atoms with Gasteiger partial charge in [-0.2, -0.15) is 0 Å². The molecule has 0 aromatic rings. The highest BCUT2D eigenvalue weighted by molar-refractivity contribution is 4.63. The van der Waals surface area contributed by atoms with Gasteiger partial charge in [0.05, 0.1) is 105 Å². The molecule has 778 valence electrons. The Hall–Kier alpha value is -1.18. The molecule has 0 aliphatic heterocycles. The first-order valence-corrected chi connectivity index (χ1v) is 49.9. The average Bonchev–Trinajstić information content (AvgIpc) is 1.02. The lowest BCUT2D eigenvalue weighted by Crippen LogP contribution is -2.20. The largest absolute Gasteiger partial charge is 0.385 e. The van der Waals surface area contributed by atoms with Crippen LogP contribution >= 0.6 is 0 Å². The molecule has 0 fully saturated rings. The van der Waals surface area contributed by atoms with Crippen molar-refractivity contribution < 1.29 is 109 Å². The first-order valence-electron chi connectivity index (χ1n) is 49.9. The van der Waals surface area contributed by atoms with Crippen molar-refractivity contribution in [3.05, 3.63) is 12.7 Å². The third kappa shape index (κ3) is 274. The van der Waals surface area contributed by atoms with Crippen LogP contribution in [0.25, 0.3) is 0 Å². The van der Waals surface area contributed by atoms with Gasteiger partial charge in [-0.15, -0.1) is 6.58 Å². The van der Waals surface area contributed by atoms with E-state index in [0.29, 0.717) is 102 Å². The summed E-state index contributed by atoms with van der Waals surface area (Å²) >= 11 is 0. The molecule has 0 aliphatic carbocycles. The molecule has 0 radical (unpaired) electrons. The molecule has 0 saturated carbocycles. The molecule has 0 aromatic carbocycles. The Labute approximate surface area is 783 Å². The molecule has 0 spiro atoms. The van der Waals surface area contributed by atoms with Crippen molar-refractivity contribution in [2.45, 2.75) is 348 Å². The first kappa shape index (κ1) is 158. The van der Waals surface area contributed by atoms with Gasteiger partial charge in [0, 0.05) is 201 Å². The smallest absolute Gasteiger partial charge is 0.0783 e. The molecular formula is C102H232O23. The van der Waals surface area contributed by atoms with Gasteiger partial charge in [0.15, 0.2) is 0 Å². The second-order valence-electron chi connectivity index (χ2n) is 30.1. The Morgan fingerprint density at radius 2 is 0.408 bits per heavy atom. The van der Waals surface area contributed by atoms with Crippen LogP contribution < -0.4 is 0 Å². The van der Waals surface area contributed by atoms with E-state index >= 15 is 0 Å². The normalized spacial score (nSPS) is 10.5. The number of rotatable bonds is 74. The van der Waals surface area contributed by atoms with E-state index in [9.17, 15) is 0 Å². The van der Waals surface area contributed by atoms with E-state index in [2.05, 4.69) is 180 Å². The second kappa shape index (κ2) is 183. The van der Waals surface area contributed by atoms with Gasteiger partial charge < -0.3 is 109 Å². The van der Waals surface area contributed by atoms with Gasteiger partial charge in [0.1, 0.15) is 0 Å². The van der Waals surface area contributed by atoms with E-state index in [1.165, 1.54) is 44.9 Å². The lowest BCUT2D eigenvalue weighted by Gasteiger charge is -2.16. The zero-order valence-electron chi connectivity index (χ0n) is 90.9. The Morgan fingerprint density at radius 3 is 0.656 bits per heavy atom. The molecule has 0 bridgehead atoms. The van der Waals surface area contributed by atoms with Crippen LogP contribution in [0.3, 0.4) is 0 Å². The van der Waals surface area contributed by atoms with Gasteiger partial charge >= 0.3 is 0 Å². The summed E-state index contributed by atoms with van der Waals surface area (Å²) in [6.45, 7) is 95.6. The highest BCUT2D eigenvalue weighted by Gasteiger charge is 2.05. The molecule has 0 N–H and O–H groups in total.